The number of benzene rings is 1. The number of oxazole rings is 1. The van der Waals surface area contributed by atoms with Gasteiger partial charge in [0.25, 0.3) is 0 Å². The van der Waals surface area contributed by atoms with Crippen molar-refractivity contribution in [3.63, 3.8) is 0 Å². The third kappa shape index (κ3) is 5.29. The van der Waals surface area contributed by atoms with Crippen LogP contribution in [0, 0.1) is 0 Å². The van der Waals surface area contributed by atoms with Crippen LogP contribution in [0.5, 0.6) is 5.75 Å². The Balaban J connectivity index is 0.00000109. The highest BCUT2D eigenvalue weighted by Gasteiger charge is 2.18. The van der Waals surface area contributed by atoms with E-state index in [9.17, 15) is 5.11 Å². The van der Waals surface area contributed by atoms with Crippen molar-refractivity contribution in [2.24, 2.45) is 0 Å². The number of hydrogen-bond donors (Lipinski definition) is 1. The first-order valence-corrected chi connectivity index (χ1v) is 8.77. The fourth-order valence-electron chi connectivity index (χ4n) is 2.49. The van der Waals surface area contributed by atoms with Gasteiger partial charge >= 0.3 is 0 Å². The number of methoxy groups -OCH3 is 1. The molecule has 3 rings (SSSR count). The van der Waals surface area contributed by atoms with Gasteiger partial charge in [-0.2, -0.15) is 0 Å². The second-order valence-electron chi connectivity index (χ2n) is 5.38. The van der Waals surface area contributed by atoms with Crippen molar-refractivity contribution in [1.29, 1.82) is 0 Å². The van der Waals surface area contributed by atoms with Gasteiger partial charge in [0.2, 0.25) is 5.89 Å². The Bertz CT molecular complexity index is 617. The molecule has 0 saturated carbocycles. The molecule has 0 aliphatic carbocycles. The Kier molecular flexibility index (Phi) is 7.91. The van der Waals surface area contributed by atoms with E-state index in [2.05, 4.69) is 4.98 Å². The van der Waals surface area contributed by atoms with Crippen molar-refractivity contribution < 1.29 is 23.7 Å². The summed E-state index contributed by atoms with van der Waals surface area (Å²) in [6.45, 7) is 4.78. The van der Waals surface area contributed by atoms with Gasteiger partial charge in [0, 0.05) is 12.2 Å². The van der Waals surface area contributed by atoms with Gasteiger partial charge in [-0.1, -0.05) is 13.8 Å². The standard InChI is InChI=1S/C17H21NO5.C2H6/c1-20-13-7-5-12(6-8-13)17-18-14(10-19)15(23-17)11-22-16-4-2-3-9-21-16;1-2/h5-8,16,19H,2-4,9-11H2,1H3;1-2H3. The van der Waals surface area contributed by atoms with E-state index in [-0.39, 0.29) is 19.5 Å². The normalized spacial score (nSPS) is 16.9. The van der Waals surface area contributed by atoms with Crippen LogP contribution in [0.15, 0.2) is 28.7 Å². The molecular formula is C19H27NO5. The Labute approximate surface area is 148 Å². The molecule has 1 atom stereocenters. The van der Waals surface area contributed by atoms with Crippen LogP contribution in [0.4, 0.5) is 0 Å². The predicted octanol–water partition coefficient (Wildman–Crippen LogP) is 3.91. The van der Waals surface area contributed by atoms with Gasteiger partial charge in [0.15, 0.2) is 12.1 Å². The summed E-state index contributed by atoms with van der Waals surface area (Å²) in [4.78, 5) is 4.34. The van der Waals surface area contributed by atoms with Crippen LogP contribution < -0.4 is 4.74 Å². The zero-order valence-electron chi connectivity index (χ0n) is 15.2. The third-order valence-corrected chi connectivity index (χ3v) is 3.80. The van der Waals surface area contributed by atoms with Gasteiger partial charge in [0.05, 0.1) is 13.7 Å². The molecule has 6 heteroatoms. The van der Waals surface area contributed by atoms with E-state index in [1.54, 1.807) is 7.11 Å². The third-order valence-electron chi connectivity index (χ3n) is 3.80. The largest absolute Gasteiger partial charge is 0.497 e. The number of ether oxygens (including phenoxy) is 3. The van der Waals surface area contributed by atoms with Crippen LogP contribution in [0.25, 0.3) is 11.5 Å². The highest BCUT2D eigenvalue weighted by Crippen LogP contribution is 2.25. The summed E-state index contributed by atoms with van der Waals surface area (Å²) < 4.78 is 22.1. The Morgan fingerprint density at radius 2 is 1.96 bits per heavy atom. The summed E-state index contributed by atoms with van der Waals surface area (Å²) in [6, 6.07) is 7.40. The minimum absolute atomic E-state index is 0.191. The molecule has 1 saturated heterocycles. The zero-order valence-corrected chi connectivity index (χ0v) is 15.2. The fourth-order valence-corrected chi connectivity index (χ4v) is 2.49. The van der Waals surface area contributed by atoms with Crippen molar-refractivity contribution in [3.8, 4) is 17.2 Å². The van der Waals surface area contributed by atoms with Crippen LogP contribution in [0.2, 0.25) is 0 Å². The number of rotatable bonds is 6. The van der Waals surface area contributed by atoms with Crippen LogP contribution in [-0.4, -0.2) is 30.1 Å². The molecule has 1 unspecified atom stereocenters. The number of nitrogens with zero attached hydrogens (tertiary/aromatic N) is 1. The van der Waals surface area contributed by atoms with Crippen molar-refractivity contribution >= 4 is 0 Å². The first kappa shape index (κ1) is 19.4. The van der Waals surface area contributed by atoms with Gasteiger partial charge < -0.3 is 23.7 Å². The average molecular weight is 349 g/mol. The van der Waals surface area contributed by atoms with Crippen molar-refractivity contribution in [1.82, 2.24) is 4.98 Å². The summed E-state index contributed by atoms with van der Waals surface area (Å²) >= 11 is 0. The second-order valence-corrected chi connectivity index (χ2v) is 5.38. The number of aliphatic hydroxyl groups excluding tert-OH is 1. The maximum Gasteiger partial charge on any atom is 0.226 e. The molecule has 0 radical (unpaired) electrons. The van der Waals surface area contributed by atoms with E-state index < -0.39 is 0 Å². The highest BCUT2D eigenvalue weighted by molar-refractivity contribution is 5.55. The monoisotopic (exact) mass is 349 g/mol. The molecule has 2 aromatic rings. The van der Waals surface area contributed by atoms with Crippen LogP contribution in [0.3, 0.4) is 0 Å². The summed E-state index contributed by atoms with van der Waals surface area (Å²) in [7, 11) is 1.62. The van der Waals surface area contributed by atoms with Gasteiger partial charge in [-0.15, -0.1) is 0 Å². The molecule has 0 spiro atoms. The van der Waals surface area contributed by atoms with Crippen molar-refractivity contribution in [2.75, 3.05) is 13.7 Å². The first-order valence-electron chi connectivity index (χ1n) is 8.77. The number of aliphatic hydroxyl groups is 1. The molecule has 1 fully saturated rings. The van der Waals surface area contributed by atoms with Crippen molar-refractivity contribution in [2.45, 2.75) is 52.6 Å². The van der Waals surface area contributed by atoms with E-state index >= 15 is 0 Å². The highest BCUT2D eigenvalue weighted by atomic mass is 16.7. The Morgan fingerprint density at radius 3 is 2.56 bits per heavy atom. The van der Waals surface area contributed by atoms with Crippen LogP contribution in [-0.2, 0) is 22.7 Å². The molecule has 25 heavy (non-hydrogen) atoms. The molecule has 0 bridgehead atoms. The molecule has 0 amide bonds. The lowest BCUT2D eigenvalue weighted by molar-refractivity contribution is -0.171. The summed E-state index contributed by atoms with van der Waals surface area (Å²) in [5, 5.41) is 9.47. The Morgan fingerprint density at radius 1 is 1.20 bits per heavy atom. The summed E-state index contributed by atoms with van der Waals surface area (Å²) in [6.07, 6.45) is 2.86. The zero-order chi connectivity index (χ0) is 18.1. The fraction of sp³-hybridized carbons (Fsp3) is 0.526. The van der Waals surface area contributed by atoms with Crippen LogP contribution in [0.1, 0.15) is 44.6 Å². The topological polar surface area (TPSA) is 74.0 Å². The Hall–Kier alpha value is -1.89. The van der Waals surface area contributed by atoms with E-state index in [1.165, 1.54) is 0 Å². The van der Waals surface area contributed by atoms with Gasteiger partial charge in [-0.05, 0) is 43.5 Å². The smallest absolute Gasteiger partial charge is 0.226 e. The minimum Gasteiger partial charge on any atom is -0.497 e. The molecule has 138 valence electrons. The van der Waals surface area contributed by atoms with Gasteiger partial charge in [-0.3, -0.25) is 0 Å². The molecule has 1 N–H and O–H groups in total. The van der Waals surface area contributed by atoms with E-state index in [4.69, 9.17) is 18.6 Å². The summed E-state index contributed by atoms with van der Waals surface area (Å²) in [5.41, 5.74) is 1.31. The molecule has 1 aliphatic heterocycles. The van der Waals surface area contributed by atoms with E-state index in [1.807, 2.05) is 38.1 Å². The molecule has 6 nitrogen and oxygen atoms in total. The van der Waals surface area contributed by atoms with Gasteiger partial charge in [0.1, 0.15) is 18.1 Å². The molecule has 1 aromatic carbocycles. The average Bonchev–Trinajstić information content (AvgIpc) is 3.12. The quantitative estimate of drug-likeness (QED) is 0.852. The lowest BCUT2D eigenvalue weighted by Crippen LogP contribution is -2.22. The summed E-state index contributed by atoms with van der Waals surface area (Å²) in [5.74, 6) is 1.76. The maximum atomic E-state index is 9.47. The first-order chi connectivity index (χ1) is 12.3. The minimum atomic E-state index is -0.204. The SMILES string of the molecule is CC.COc1ccc(-c2nc(CO)c(COC3CCCCO3)o2)cc1. The predicted molar refractivity (Wildman–Crippen MR) is 94.1 cm³/mol. The molecule has 2 heterocycles. The van der Waals surface area contributed by atoms with E-state index in [0.29, 0.717) is 17.3 Å². The second kappa shape index (κ2) is 10.2. The lowest BCUT2D eigenvalue weighted by atomic mass is 10.2. The lowest BCUT2D eigenvalue weighted by Gasteiger charge is -2.22. The maximum absolute atomic E-state index is 9.47. The number of hydrogen-bond acceptors (Lipinski definition) is 6. The molecular weight excluding hydrogens is 322 g/mol. The van der Waals surface area contributed by atoms with E-state index in [0.717, 1.165) is 37.2 Å². The van der Waals surface area contributed by atoms with Crippen LogP contribution >= 0.6 is 0 Å². The molecule has 1 aliphatic rings. The molecule has 1 aromatic heterocycles. The van der Waals surface area contributed by atoms with Crippen molar-refractivity contribution in [3.05, 3.63) is 35.7 Å². The van der Waals surface area contributed by atoms with Gasteiger partial charge in [-0.25, -0.2) is 4.98 Å². The number of aromatic nitrogens is 1.